The molecule has 2 aliphatic rings. The van der Waals surface area contributed by atoms with Crippen LogP contribution in [0.25, 0.3) is 0 Å². The lowest BCUT2D eigenvalue weighted by Crippen LogP contribution is -2.57. The zero-order valence-electron chi connectivity index (χ0n) is 30.7. The van der Waals surface area contributed by atoms with Crippen molar-refractivity contribution in [3.05, 3.63) is 47.7 Å². The summed E-state index contributed by atoms with van der Waals surface area (Å²) in [5.74, 6) is -6.50. The zero-order chi connectivity index (χ0) is 41.4. The topological polar surface area (TPSA) is 312 Å². The summed E-state index contributed by atoms with van der Waals surface area (Å²) in [5.41, 5.74) is 5.90. The molecule has 6 amide bonds. The summed E-state index contributed by atoms with van der Waals surface area (Å²) in [7, 11) is 1.46. The molecular weight excluding hydrogens is 732 g/mol. The Labute approximate surface area is 315 Å². The Morgan fingerprint density at radius 3 is 2.42 bits per heavy atom. The molecule has 3 rings (SSSR count). The van der Waals surface area contributed by atoms with Gasteiger partial charge in [0.1, 0.15) is 30.5 Å². The number of carboxylic acids is 1. The number of aliphatic hydroxyl groups is 2. The average molecular weight is 778 g/mol. The molecule has 5 atom stereocenters. The highest BCUT2D eigenvalue weighted by Crippen LogP contribution is 2.30. The molecule has 1 aromatic rings. The van der Waals surface area contributed by atoms with Crippen LogP contribution in [0.4, 0.5) is 5.69 Å². The van der Waals surface area contributed by atoms with E-state index >= 15 is 0 Å². The Morgan fingerprint density at radius 2 is 1.76 bits per heavy atom. The molecule has 0 aromatic heterocycles. The normalized spacial score (nSPS) is 18.9. The van der Waals surface area contributed by atoms with E-state index in [2.05, 4.69) is 26.0 Å². The van der Waals surface area contributed by atoms with Gasteiger partial charge in [-0.25, -0.2) is 4.79 Å². The molecule has 0 aliphatic carbocycles. The van der Waals surface area contributed by atoms with Crippen LogP contribution in [0.2, 0.25) is 0 Å². The first-order valence-corrected chi connectivity index (χ1v) is 16.9. The van der Waals surface area contributed by atoms with E-state index in [1.165, 1.54) is 25.3 Å². The maximum absolute atomic E-state index is 13.3. The maximum Gasteiger partial charge on any atom is 0.371 e. The maximum atomic E-state index is 13.3. The van der Waals surface area contributed by atoms with Crippen LogP contribution in [0.3, 0.4) is 0 Å². The van der Waals surface area contributed by atoms with Crippen molar-refractivity contribution >= 4 is 53.5 Å². The number of hydrogen-bond donors (Lipinski definition) is 8. The van der Waals surface area contributed by atoms with Crippen LogP contribution in [0.1, 0.15) is 39.0 Å². The number of aliphatic carboxylic acids is 1. The van der Waals surface area contributed by atoms with Crippen LogP contribution in [-0.4, -0.2) is 132 Å². The van der Waals surface area contributed by atoms with E-state index in [1.807, 2.05) is 0 Å². The molecule has 0 spiro atoms. The van der Waals surface area contributed by atoms with Crippen molar-refractivity contribution in [3.63, 3.8) is 0 Å². The van der Waals surface area contributed by atoms with Crippen LogP contribution in [0, 0.1) is 0 Å². The number of nitrogens with two attached hydrogens (primary N) is 1. The first kappa shape index (κ1) is 41.9. The van der Waals surface area contributed by atoms with Crippen molar-refractivity contribution in [2.24, 2.45) is 5.73 Å². The van der Waals surface area contributed by atoms with Crippen LogP contribution in [0.5, 0.6) is 5.75 Å². The highest BCUT2D eigenvalue weighted by molar-refractivity contribution is 6.15. The van der Waals surface area contributed by atoms with Crippen molar-refractivity contribution < 1.29 is 74.0 Å². The number of aliphatic hydroxyl groups excluding tert-OH is 2. The summed E-state index contributed by atoms with van der Waals surface area (Å²) >= 11 is 0. The molecule has 1 aromatic carbocycles. The summed E-state index contributed by atoms with van der Waals surface area (Å²) in [5, 5.41) is 40.0. The van der Waals surface area contributed by atoms with Gasteiger partial charge in [0.05, 0.1) is 12.3 Å². The summed E-state index contributed by atoms with van der Waals surface area (Å²) in [6, 6.07) is 1.29. The minimum Gasteiger partial charge on any atom is -0.475 e. The standard InChI is InChI=1S/C34H44N6O15/c1-52-13-10-26(43)36-11-3-2-4-20(39-32(49)22(16-35)40-28(45)7-8-29(40)46)31(48)37-12-9-27(44)38-21-14-19(17-53-18-41)5-6-24(21)54-34-30(47)23(42)15-25(55-34)33(50)51/h5-8,14-15,18,20,22-23,30,34,42,47H,2-4,9-13,16-17,35H2,1H3,(H,36,43)(H,37,48)(H,38,44)(H,39,49)(H,50,51)/t20-,22?,23-,30+,34+/m0/s1/i18D. The molecule has 21 nitrogen and oxygen atoms in total. The van der Waals surface area contributed by atoms with Gasteiger partial charge in [0.15, 0.2) is 7.47 Å². The van der Waals surface area contributed by atoms with E-state index in [0.717, 1.165) is 18.2 Å². The fourth-order valence-electron chi connectivity index (χ4n) is 5.17. The molecule has 0 fully saturated rings. The molecule has 0 saturated heterocycles. The van der Waals surface area contributed by atoms with Gasteiger partial charge >= 0.3 is 5.97 Å². The molecule has 1 unspecified atom stereocenters. The van der Waals surface area contributed by atoms with Crippen molar-refractivity contribution in [2.45, 2.75) is 69.3 Å². The molecule has 300 valence electrons. The molecule has 55 heavy (non-hydrogen) atoms. The predicted octanol–water partition coefficient (Wildman–Crippen LogP) is -2.71. The molecule has 9 N–H and O–H groups in total. The SMILES string of the molecule is [2H]C(=O)OCc1ccc(O[C@@H]2OC(C(=O)O)=C[C@H](O)[C@H]2O)c(NC(=O)CCNC(=O)[C@H](CCCCNC(=O)CCOC)NC(=O)C(CN)N2C(=O)C=CC2=O)c1. The quantitative estimate of drug-likeness (QED) is 0.0337. The Morgan fingerprint density at radius 1 is 1.04 bits per heavy atom. The molecule has 2 aliphatic heterocycles. The number of hydrogen-bond acceptors (Lipinski definition) is 15. The lowest BCUT2D eigenvalue weighted by molar-refractivity contribution is -0.172. The van der Waals surface area contributed by atoms with E-state index in [1.54, 1.807) is 0 Å². The van der Waals surface area contributed by atoms with Gasteiger partial charge in [-0.05, 0) is 43.0 Å². The van der Waals surface area contributed by atoms with Gasteiger partial charge in [-0.2, -0.15) is 0 Å². The molecule has 0 bridgehead atoms. The van der Waals surface area contributed by atoms with Crippen molar-refractivity contribution in [1.82, 2.24) is 20.9 Å². The fourth-order valence-corrected chi connectivity index (χ4v) is 5.17. The lowest BCUT2D eigenvalue weighted by atomic mass is 10.1. The van der Waals surface area contributed by atoms with Gasteiger partial charge in [-0.15, -0.1) is 0 Å². The van der Waals surface area contributed by atoms with E-state index in [-0.39, 0.29) is 68.5 Å². The molecule has 0 radical (unpaired) electrons. The number of anilines is 1. The average Bonchev–Trinajstić information content (AvgIpc) is 3.48. The van der Waals surface area contributed by atoms with Gasteiger partial charge < -0.3 is 61.3 Å². The number of ether oxygens (including phenoxy) is 4. The first-order valence-electron chi connectivity index (χ1n) is 17.4. The predicted molar refractivity (Wildman–Crippen MR) is 186 cm³/mol. The number of imide groups is 1. The van der Waals surface area contributed by atoms with Gasteiger partial charge in [0, 0.05) is 51.7 Å². The lowest BCUT2D eigenvalue weighted by Gasteiger charge is -2.31. The monoisotopic (exact) mass is 777 g/mol. The number of nitrogens with zero attached hydrogens (tertiary/aromatic N) is 1. The van der Waals surface area contributed by atoms with Gasteiger partial charge in [-0.1, -0.05) is 6.07 Å². The Bertz CT molecular complexity index is 1690. The second kappa shape index (κ2) is 21.7. The largest absolute Gasteiger partial charge is 0.475 e. The summed E-state index contributed by atoms with van der Waals surface area (Å²) < 4.78 is 27.3. The smallest absolute Gasteiger partial charge is 0.371 e. The summed E-state index contributed by atoms with van der Waals surface area (Å²) in [6.45, 7) is -0.601. The second-order valence-corrected chi connectivity index (χ2v) is 12.0. The number of rotatable bonds is 22. The highest BCUT2D eigenvalue weighted by atomic mass is 16.7. The van der Waals surface area contributed by atoms with Gasteiger partial charge in [-0.3, -0.25) is 38.5 Å². The number of unbranched alkanes of at least 4 members (excludes halogenated alkanes) is 1. The Balaban J connectivity index is 1.68. The number of carbonyl (C=O) groups excluding carboxylic acids is 7. The van der Waals surface area contributed by atoms with Gasteiger partial charge in [0.2, 0.25) is 29.4 Å². The third-order valence-electron chi connectivity index (χ3n) is 8.00. The minimum atomic E-state index is -1.75. The van der Waals surface area contributed by atoms with E-state index < -0.39 is 84.8 Å². The number of benzene rings is 1. The Kier molecular flexibility index (Phi) is 16.5. The minimum absolute atomic E-state index is 0.0497. The summed E-state index contributed by atoms with van der Waals surface area (Å²) in [6.07, 6.45) is -3.20. The number of carboxylic acid groups (broad SMARTS) is 1. The van der Waals surface area contributed by atoms with Crippen LogP contribution in [0.15, 0.2) is 42.2 Å². The molecule has 2 heterocycles. The molecule has 0 saturated carbocycles. The molecule has 21 heteroatoms. The van der Waals surface area contributed by atoms with E-state index in [9.17, 15) is 53.7 Å². The third-order valence-corrected chi connectivity index (χ3v) is 8.00. The van der Waals surface area contributed by atoms with Crippen LogP contribution in [-0.2, 0) is 59.2 Å². The van der Waals surface area contributed by atoms with Crippen molar-refractivity contribution in [2.75, 3.05) is 38.7 Å². The second-order valence-electron chi connectivity index (χ2n) is 12.0. The number of nitrogens with one attached hydrogen (secondary N) is 4. The van der Waals surface area contributed by atoms with Crippen molar-refractivity contribution in [1.29, 1.82) is 0 Å². The van der Waals surface area contributed by atoms with Gasteiger partial charge in [0.25, 0.3) is 24.6 Å². The van der Waals surface area contributed by atoms with Crippen LogP contribution >= 0.6 is 0 Å². The Hall–Kier alpha value is -5.90. The van der Waals surface area contributed by atoms with E-state index in [0.29, 0.717) is 17.7 Å². The fraction of sp³-hybridized carbons (Fsp3) is 0.471. The third kappa shape index (κ3) is 13.2. The van der Waals surface area contributed by atoms with Crippen LogP contribution < -0.4 is 31.7 Å². The summed E-state index contributed by atoms with van der Waals surface area (Å²) in [4.78, 5) is 99.0. The zero-order valence-corrected chi connectivity index (χ0v) is 29.7. The highest BCUT2D eigenvalue weighted by Gasteiger charge is 2.38. The van der Waals surface area contributed by atoms with Crippen molar-refractivity contribution in [3.8, 4) is 5.75 Å². The molecular formula is C34H44N6O15. The number of carbonyl (C=O) groups is 8. The van der Waals surface area contributed by atoms with E-state index in [4.69, 9.17) is 21.3 Å². The number of amides is 6. The first-order chi connectivity index (χ1) is 26.6. The number of methoxy groups -OCH3 is 1.